The monoisotopic (exact) mass is 346 g/mol. The molecule has 1 fully saturated rings. The van der Waals surface area contributed by atoms with Crippen LogP contribution in [0.3, 0.4) is 0 Å². The second-order valence-electron chi connectivity index (χ2n) is 4.40. The Bertz CT molecular complexity index is 470. The molecule has 2 rings (SSSR count). The van der Waals surface area contributed by atoms with E-state index in [0.717, 1.165) is 10.9 Å². The number of ether oxygens (including phenoxy) is 1. The van der Waals surface area contributed by atoms with E-state index in [9.17, 15) is 4.79 Å². The fourth-order valence-corrected chi connectivity index (χ4v) is 2.66. The van der Waals surface area contributed by atoms with E-state index in [2.05, 4.69) is 28.2 Å². The van der Waals surface area contributed by atoms with Crippen molar-refractivity contribution in [2.24, 2.45) is 0 Å². The number of carbonyl (C=O) groups is 1. The van der Waals surface area contributed by atoms with Crippen molar-refractivity contribution in [3.05, 3.63) is 27.7 Å². The Morgan fingerprint density at radius 3 is 3.11 bits per heavy atom. The van der Waals surface area contributed by atoms with Gasteiger partial charge in [-0.15, -0.1) is 0 Å². The van der Waals surface area contributed by atoms with Crippen LogP contribution in [0, 0.1) is 0 Å². The van der Waals surface area contributed by atoms with E-state index in [0.29, 0.717) is 30.4 Å². The molecule has 0 aliphatic carbocycles. The minimum Gasteiger partial charge on any atom is -0.375 e. The van der Waals surface area contributed by atoms with Gasteiger partial charge in [0.15, 0.2) is 0 Å². The van der Waals surface area contributed by atoms with Crippen molar-refractivity contribution in [1.82, 2.24) is 4.90 Å². The molecular formula is C13H16BrClN2O2. The lowest BCUT2D eigenvalue weighted by molar-refractivity contribution is -0.0134. The molecule has 0 unspecified atom stereocenters. The SMILES string of the molecule is CC[C@H]1CN(C(=O)Nc2ccc(Br)cc2Cl)CCO1. The van der Waals surface area contributed by atoms with Crippen molar-refractivity contribution in [2.75, 3.05) is 25.0 Å². The third-order valence-corrected chi connectivity index (χ3v) is 3.86. The average molecular weight is 348 g/mol. The zero-order valence-electron chi connectivity index (χ0n) is 10.7. The first-order chi connectivity index (χ1) is 9.10. The van der Waals surface area contributed by atoms with Crippen LogP contribution in [0.4, 0.5) is 10.5 Å². The number of hydrogen-bond acceptors (Lipinski definition) is 2. The highest BCUT2D eigenvalue weighted by Crippen LogP contribution is 2.26. The Morgan fingerprint density at radius 2 is 2.42 bits per heavy atom. The van der Waals surface area contributed by atoms with Crippen molar-refractivity contribution in [3.63, 3.8) is 0 Å². The molecule has 1 heterocycles. The van der Waals surface area contributed by atoms with Gasteiger partial charge < -0.3 is 15.0 Å². The predicted octanol–water partition coefficient (Wildman–Crippen LogP) is 3.75. The van der Waals surface area contributed by atoms with Crippen LogP contribution in [0.25, 0.3) is 0 Å². The van der Waals surface area contributed by atoms with Gasteiger partial charge in [0.25, 0.3) is 0 Å². The van der Waals surface area contributed by atoms with Crippen molar-refractivity contribution < 1.29 is 9.53 Å². The average Bonchev–Trinajstić information content (AvgIpc) is 2.42. The van der Waals surface area contributed by atoms with Crippen LogP contribution in [0.5, 0.6) is 0 Å². The Balaban J connectivity index is 2.00. The highest BCUT2D eigenvalue weighted by molar-refractivity contribution is 9.10. The van der Waals surface area contributed by atoms with E-state index in [-0.39, 0.29) is 12.1 Å². The molecule has 1 aliphatic rings. The summed E-state index contributed by atoms with van der Waals surface area (Å²) in [6, 6.07) is 5.24. The lowest BCUT2D eigenvalue weighted by Gasteiger charge is -2.32. The molecule has 0 spiro atoms. The number of carbonyl (C=O) groups excluding carboxylic acids is 1. The fourth-order valence-electron chi connectivity index (χ4n) is 1.94. The van der Waals surface area contributed by atoms with E-state index in [1.807, 2.05) is 6.07 Å². The maximum atomic E-state index is 12.2. The van der Waals surface area contributed by atoms with E-state index in [4.69, 9.17) is 16.3 Å². The van der Waals surface area contributed by atoms with Gasteiger partial charge in [-0.05, 0) is 24.6 Å². The fraction of sp³-hybridized carbons (Fsp3) is 0.462. The third kappa shape index (κ3) is 3.84. The van der Waals surface area contributed by atoms with Crippen LogP contribution in [-0.2, 0) is 4.74 Å². The molecule has 104 valence electrons. The number of benzene rings is 1. The number of urea groups is 1. The minimum atomic E-state index is -0.133. The maximum absolute atomic E-state index is 12.2. The standard InChI is InChI=1S/C13H16BrClN2O2/c1-2-10-8-17(5-6-19-10)13(18)16-12-4-3-9(14)7-11(12)15/h3-4,7,10H,2,5-6,8H2,1H3,(H,16,18)/t10-/m0/s1. The summed E-state index contributed by atoms with van der Waals surface area (Å²) in [5.41, 5.74) is 0.620. The van der Waals surface area contributed by atoms with E-state index < -0.39 is 0 Å². The number of morpholine rings is 1. The number of rotatable bonds is 2. The normalized spacial score (nSPS) is 19.3. The first kappa shape index (κ1) is 14.6. The Kier molecular flexibility index (Phi) is 5.07. The van der Waals surface area contributed by atoms with Gasteiger partial charge in [0, 0.05) is 17.6 Å². The number of halogens is 2. The summed E-state index contributed by atoms with van der Waals surface area (Å²) in [6.07, 6.45) is 1.03. The van der Waals surface area contributed by atoms with Crippen LogP contribution in [0.2, 0.25) is 5.02 Å². The molecule has 1 aromatic carbocycles. The van der Waals surface area contributed by atoms with Crippen LogP contribution >= 0.6 is 27.5 Å². The molecule has 1 aromatic rings. The van der Waals surface area contributed by atoms with Crippen LogP contribution in [-0.4, -0.2) is 36.7 Å². The summed E-state index contributed by atoms with van der Waals surface area (Å²) in [7, 11) is 0. The molecular weight excluding hydrogens is 332 g/mol. The molecule has 0 bridgehead atoms. The topological polar surface area (TPSA) is 41.6 Å². The van der Waals surface area contributed by atoms with Gasteiger partial charge in [0.05, 0.1) is 23.4 Å². The molecule has 2 amide bonds. The van der Waals surface area contributed by atoms with E-state index in [1.165, 1.54) is 0 Å². The van der Waals surface area contributed by atoms with Crippen molar-refractivity contribution in [1.29, 1.82) is 0 Å². The Morgan fingerprint density at radius 1 is 1.63 bits per heavy atom. The highest BCUT2D eigenvalue weighted by atomic mass is 79.9. The summed E-state index contributed by atoms with van der Waals surface area (Å²) in [4.78, 5) is 13.9. The van der Waals surface area contributed by atoms with Gasteiger partial charge in [-0.25, -0.2) is 4.79 Å². The molecule has 19 heavy (non-hydrogen) atoms. The van der Waals surface area contributed by atoms with Gasteiger partial charge in [0.1, 0.15) is 0 Å². The number of anilines is 1. The molecule has 6 heteroatoms. The summed E-state index contributed by atoms with van der Waals surface area (Å²) in [5, 5.41) is 3.35. The summed E-state index contributed by atoms with van der Waals surface area (Å²) in [5.74, 6) is 0. The maximum Gasteiger partial charge on any atom is 0.322 e. The highest BCUT2D eigenvalue weighted by Gasteiger charge is 2.23. The smallest absolute Gasteiger partial charge is 0.322 e. The molecule has 1 aliphatic heterocycles. The summed E-state index contributed by atoms with van der Waals surface area (Å²) in [6.45, 7) is 3.87. The van der Waals surface area contributed by atoms with E-state index in [1.54, 1.807) is 17.0 Å². The van der Waals surface area contributed by atoms with Crippen molar-refractivity contribution in [2.45, 2.75) is 19.4 Å². The molecule has 0 saturated carbocycles. The van der Waals surface area contributed by atoms with Gasteiger partial charge in [-0.1, -0.05) is 34.5 Å². The minimum absolute atomic E-state index is 0.125. The first-order valence-electron chi connectivity index (χ1n) is 6.22. The van der Waals surface area contributed by atoms with Crippen molar-refractivity contribution >= 4 is 39.2 Å². The molecule has 1 atom stereocenters. The lowest BCUT2D eigenvalue weighted by Crippen LogP contribution is -2.47. The second-order valence-corrected chi connectivity index (χ2v) is 5.72. The predicted molar refractivity (Wildman–Crippen MR) is 79.8 cm³/mol. The number of nitrogens with one attached hydrogen (secondary N) is 1. The third-order valence-electron chi connectivity index (χ3n) is 3.05. The molecule has 0 radical (unpaired) electrons. The Labute approximate surface area is 126 Å². The second kappa shape index (κ2) is 6.59. The van der Waals surface area contributed by atoms with Crippen LogP contribution in [0.1, 0.15) is 13.3 Å². The Hall–Kier alpha value is -0.780. The summed E-state index contributed by atoms with van der Waals surface area (Å²) >= 11 is 9.41. The van der Waals surface area contributed by atoms with Crippen molar-refractivity contribution in [3.8, 4) is 0 Å². The molecule has 1 saturated heterocycles. The molecule has 4 nitrogen and oxygen atoms in total. The quantitative estimate of drug-likeness (QED) is 0.885. The number of nitrogens with zero attached hydrogens (tertiary/aromatic N) is 1. The van der Waals surface area contributed by atoms with Gasteiger partial charge in [-0.2, -0.15) is 0 Å². The van der Waals surface area contributed by atoms with Gasteiger partial charge >= 0.3 is 6.03 Å². The zero-order chi connectivity index (χ0) is 13.8. The van der Waals surface area contributed by atoms with Crippen LogP contribution in [0.15, 0.2) is 22.7 Å². The first-order valence-corrected chi connectivity index (χ1v) is 7.40. The number of hydrogen-bond donors (Lipinski definition) is 1. The summed E-state index contributed by atoms with van der Waals surface area (Å²) < 4.78 is 6.43. The van der Waals surface area contributed by atoms with E-state index >= 15 is 0 Å². The molecule has 1 N–H and O–H groups in total. The molecule has 0 aromatic heterocycles. The largest absolute Gasteiger partial charge is 0.375 e. The zero-order valence-corrected chi connectivity index (χ0v) is 13.0. The lowest BCUT2D eigenvalue weighted by atomic mass is 10.2. The number of amides is 2. The van der Waals surface area contributed by atoms with Gasteiger partial charge in [-0.3, -0.25) is 0 Å². The van der Waals surface area contributed by atoms with Crippen LogP contribution < -0.4 is 5.32 Å². The van der Waals surface area contributed by atoms with Gasteiger partial charge in [0.2, 0.25) is 0 Å².